The summed E-state index contributed by atoms with van der Waals surface area (Å²) in [4.78, 5) is 25.3. The lowest BCUT2D eigenvalue weighted by molar-refractivity contribution is -0.144. The minimum Gasteiger partial charge on any atom is -0.469 e. The molecule has 19 heavy (non-hydrogen) atoms. The fourth-order valence-corrected chi connectivity index (χ4v) is 2.42. The van der Waals surface area contributed by atoms with Crippen molar-refractivity contribution in [3.8, 4) is 0 Å². The Bertz CT molecular complexity index is 506. The molecule has 1 aliphatic heterocycles. The second-order valence-electron chi connectivity index (χ2n) is 5.15. The van der Waals surface area contributed by atoms with Gasteiger partial charge in [-0.3, -0.25) is 9.59 Å². The van der Waals surface area contributed by atoms with Crippen LogP contribution in [0.25, 0.3) is 0 Å². The average molecular weight is 264 g/mol. The Balaban J connectivity index is 1.65. The second-order valence-corrected chi connectivity index (χ2v) is 5.15. The Hall–Kier alpha value is -1.85. The van der Waals surface area contributed by atoms with E-state index in [9.17, 15) is 9.59 Å². The molecule has 0 radical (unpaired) electrons. The highest BCUT2D eigenvalue weighted by molar-refractivity contribution is 5.93. The van der Waals surface area contributed by atoms with E-state index < -0.39 is 0 Å². The topological polar surface area (TPSA) is 72.6 Å². The maximum Gasteiger partial charge on any atom is 0.310 e. The standard InChI is InChI=1S/C13H16N2O4/c1-18-13(17)9-4-5-15(7-9)12(16)10-6-11(19-14-10)8-2-3-8/h6,8-9H,2-5,7H2,1H3. The summed E-state index contributed by atoms with van der Waals surface area (Å²) in [6, 6.07) is 1.73. The van der Waals surface area contributed by atoms with E-state index >= 15 is 0 Å². The van der Waals surface area contributed by atoms with Gasteiger partial charge >= 0.3 is 5.97 Å². The van der Waals surface area contributed by atoms with Crippen LogP contribution in [0.5, 0.6) is 0 Å². The van der Waals surface area contributed by atoms with Crippen molar-refractivity contribution in [3.05, 3.63) is 17.5 Å². The minimum atomic E-state index is -0.255. The molecule has 1 aromatic rings. The highest BCUT2D eigenvalue weighted by atomic mass is 16.5. The minimum absolute atomic E-state index is 0.165. The third-order valence-electron chi connectivity index (χ3n) is 3.74. The fraction of sp³-hybridized carbons (Fsp3) is 0.615. The number of esters is 1. The molecule has 1 amide bonds. The number of hydrogen-bond acceptors (Lipinski definition) is 5. The van der Waals surface area contributed by atoms with Crippen molar-refractivity contribution in [1.29, 1.82) is 0 Å². The molecule has 1 aromatic heterocycles. The van der Waals surface area contributed by atoms with Crippen molar-refractivity contribution >= 4 is 11.9 Å². The van der Waals surface area contributed by atoms with E-state index in [2.05, 4.69) is 5.16 Å². The van der Waals surface area contributed by atoms with Gasteiger partial charge in [-0.05, 0) is 19.3 Å². The van der Waals surface area contributed by atoms with Gasteiger partial charge in [0.05, 0.1) is 13.0 Å². The van der Waals surface area contributed by atoms with E-state index in [1.807, 2.05) is 0 Å². The SMILES string of the molecule is COC(=O)C1CCN(C(=O)c2cc(C3CC3)on2)C1. The number of aromatic nitrogens is 1. The number of carbonyl (C=O) groups is 2. The lowest BCUT2D eigenvalue weighted by Crippen LogP contribution is -2.30. The number of methoxy groups -OCH3 is 1. The van der Waals surface area contributed by atoms with E-state index in [0.717, 1.165) is 18.6 Å². The Morgan fingerprint density at radius 3 is 2.89 bits per heavy atom. The van der Waals surface area contributed by atoms with E-state index in [0.29, 0.717) is 31.1 Å². The quantitative estimate of drug-likeness (QED) is 0.767. The number of amides is 1. The van der Waals surface area contributed by atoms with Crippen LogP contribution < -0.4 is 0 Å². The van der Waals surface area contributed by atoms with Crippen LogP contribution in [0, 0.1) is 5.92 Å². The highest BCUT2D eigenvalue weighted by Crippen LogP contribution is 2.40. The molecule has 1 unspecified atom stereocenters. The molecule has 102 valence electrons. The number of rotatable bonds is 3. The van der Waals surface area contributed by atoms with Gasteiger partial charge in [0, 0.05) is 25.1 Å². The number of ether oxygens (including phenoxy) is 1. The van der Waals surface area contributed by atoms with Crippen LogP contribution in [0.4, 0.5) is 0 Å². The van der Waals surface area contributed by atoms with Gasteiger partial charge in [-0.15, -0.1) is 0 Å². The molecule has 3 rings (SSSR count). The largest absolute Gasteiger partial charge is 0.469 e. The summed E-state index contributed by atoms with van der Waals surface area (Å²) in [5, 5.41) is 3.83. The normalized spacial score (nSPS) is 22.6. The van der Waals surface area contributed by atoms with Gasteiger partial charge in [-0.25, -0.2) is 0 Å². The molecule has 0 bridgehead atoms. The Morgan fingerprint density at radius 1 is 1.42 bits per heavy atom. The van der Waals surface area contributed by atoms with Crippen molar-refractivity contribution in [2.75, 3.05) is 20.2 Å². The first-order chi connectivity index (χ1) is 9.19. The Kier molecular flexibility index (Phi) is 3.00. The summed E-state index contributed by atoms with van der Waals surface area (Å²) in [5.74, 6) is 0.599. The predicted octanol–water partition coefficient (Wildman–Crippen LogP) is 1.19. The number of likely N-dealkylation sites (tertiary alicyclic amines) is 1. The van der Waals surface area contributed by atoms with Gasteiger partial charge in [-0.2, -0.15) is 0 Å². The van der Waals surface area contributed by atoms with Crippen LogP contribution in [0.2, 0.25) is 0 Å². The Morgan fingerprint density at radius 2 is 2.21 bits per heavy atom. The second kappa shape index (κ2) is 4.68. The van der Waals surface area contributed by atoms with E-state index in [4.69, 9.17) is 9.26 Å². The third kappa shape index (κ3) is 2.34. The van der Waals surface area contributed by atoms with Crippen molar-refractivity contribution in [1.82, 2.24) is 10.1 Å². The van der Waals surface area contributed by atoms with E-state index in [1.54, 1.807) is 11.0 Å². The zero-order chi connectivity index (χ0) is 13.4. The molecular weight excluding hydrogens is 248 g/mol. The summed E-state index contributed by atoms with van der Waals surface area (Å²) < 4.78 is 9.88. The van der Waals surface area contributed by atoms with Crippen LogP contribution >= 0.6 is 0 Å². The molecule has 2 fully saturated rings. The van der Waals surface area contributed by atoms with Crippen LogP contribution in [0.15, 0.2) is 10.6 Å². The van der Waals surface area contributed by atoms with Crippen LogP contribution in [0.1, 0.15) is 41.4 Å². The first-order valence-corrected chi connectivity index (χ1v) is 6.52. The lowest BCUT2D eigenvalue weighted by Gasteiger charge is -2.13. The molecule has 6 nitrogen and oxygen atoms in total. The molecule has 1 aliphatic carbocycles. The molecule has 2 heterocycles. The van der Waals surface area contributed by atoms with Gasteiger partial charge < -0.3 is 14.2 Å². The lowest BCUT2D eigenvalue weighted by atomic mass is 10.1. The molecule has 0 N–H and O–H groups in total. The van der Waals surface area contributed by atoms with E-state index in [1.165, 1.54) is 7.11 Å². The van der Waals surface area contributed by atoms with Gasteiger partial charge in [0.2, 0.25) is 0 Å². The maximum absolute atomic E-state index is 12.2. The molecule has 0 aromatic carbocycles. The van der Waals surface area contributed by atoms with Gasteiger partial charge in [-0.1, -0.05) is 5.16 Å². The summed E-state index contributed by atoms with van der Waals surface area (Å²) in [7, 11) is 1.37. The van der Waals surface area contributed by atoms with Crippen molar-refractivity contribution in [2.45, 2.75) is 25.2 Å². The molecule has 1 atom stereocenters. The summed E-state index contributed by atoms with van der Waals surface area (Å²) >= 11 is 0. The van der Waals surface area contributed by atoms with Gasteiger partial charge in [0.15, 0.2) is 5.69 Å². The average Bonchev–Trinajstić information content (AvgIpc) is 2.97. The van der Waals surface area contributed by atoms with Gasteiger partial charge in [0.25, 0.3) is 5.91 Å². The van der Waals surface area contributed by atoms with Crippen molar-refractivity contribution in [2.24, 2.45) is 5.92 Å². The number of carbonyl (C=O) groups excluding carboxylic acids is 2. The van der Waals surface area contributed by atoms with Crippen LogP contribution in [-0.2, 0) is 9.53 Å². The van der Waals surface area contributed by atoms with E-state index in [-0.39, 0.29) is 17.8 Å². The Labute approximate surface area is 110 Å². The monoisotopic (exact) mass is 264 g/mol. The highest BCUT2D eigenvalue weighted by Gasteiger charge is 2.34. The summed E-state index contributed by atoms with van der Waals surface area (Å²) in [5.41, 5.74) is 0.340. The van der Waals surface area contributed by atoms with Crippen LogP contribution in [0.3, 0.4) is 0 Å². The van der Waals surface area contributed by atoms with Crippen molar-refractivity contribution < 1.29 is 18.8 Å². The molecule has 0 spiro atoms. The molecular formula is C13H16N2O4. The van der Waals surface area contributed by atoms with Gasteiger partial charge in [0.1, 0.15) is 5.76 Å². The fourth-order valence-electron chi connectivity index (χ4n) is 2.42. The first-order valence-electron chi connectivity index (χ1n) is 6.52. The molecule has 1 saturated carbocycles. The molecule has 6 heteroatoms. The molecule has 1 saturated heterocycles. The maximum atomic E-state index is 12.2. The van der Waals surface area contributed by atoms with Crippen molar-refractivity contribution in [3.63, 3.8) is 0 Å². The van der Waals surface area contributed by atoms with Crippen LogP contribution in [-0.4, -0.2) is 42.1 Å². The third-order valence-corrected chi connectivity index (χ3v) is 3.74. The molecule has 2 aliphatic rings. The zero-order valence-electron chi connectivity index (χ0n) is 10.8. The first kappa shape index (κ1) is 12.2. The predicted molar refractivity (Wildman–Crippen MR) is 64.5 cm³/mol. The summed E-state index contributed by atoms with van der Waals surface area (Å²) in [6.45, 7) is 0.960. The summed E-state index contributed by atoms with van der Waals surface area (Å²) in [6.07, 6.45) is 2.86. The zero-order valence-corrected chi connectivity index (χ0v) is 10.8. The number of nitrogens with zero attached hydrogens (tertiary/aromatic N) is 2. The number of hydrogen-bond donors (Lipinski definition) is 0. The smallest absolute Gasteiger partial charge is 0.310 e.